The maximum absolute atomic E-state index is 12.3. The van der Waals surface area contributed by atoms with Crippen LogP contribution in [-0.2, 0) is 23.2 Å². The van der Waals surface area contributed by atoms with Crippen molar-refractivity contribution < 1.29 is 9.59 Å². The number of fused-ring (bicyclic) bond motifs is 1. The molecule has 0 aromatic carbocycles. The lowest BCUT2D eigenvalue weighted by Gasteiger charge is -2.36. The number of nitrogens with zero attached hydrogens (tertiary/aromatic N) is 3. The third-order valence-corrected chi connectivity index (χ3v) is 4.41. The van der Waals surface area contributed by atoms with Crippen molar-refractivity contribution in [2.45, 2.75) is 32.0 Å². The Kier molecular flexibility index (Phi) is 3.71. The summed E-state index contributed by atoms with van der Waals surface area (Å²) in [7, 11) is 2.02. The zero-order chi connectivity index (χ0) is 15.0. The van der Waals surface area contributed by atoms with E-state index in [9.17, 15) is 9.59 Å². The summed E-state index contributed by atoms with van der Waals surface area (Å²) >= 11 is 0. The van der Waals surface area contributed by atoms with E-state index in [-0.39, 0.29) is 23.9 Å². The second-order valence-electron chi connectivity index (χ2n) is 6.11. The van der Waals surface area contributed by atoms with Crippen LogP contribution in [0.2, 0.25) is 0 Å². The average Bonchev–Trinajstić information content (AvgIpc) is 2.96. The van der Waals surface area contributed by atoms with Crippen LogP contribution in [-0.4, -0.2) is 57.9 Å². The highest BCUT2D eigenvalue weighted by atomic mass is 16.2. The van der Waals surface area contributed by atoms with Crippen LogP contribution in [0.15, 0.2) is 18.3 Å². The van der Waals surface area contributed by atoms with Crippen molar-refractivity contribution in [3.05, 3.63) is 24.0 Å². The van der Waals surface area contributed by atoms with E-state index in [1.165, 1.54) is 12.6 Å². The minimum atomic E-state index is -0.0204. The fraction of sp³-hybridized carbons (Fsp3) is 0.600. The largest absolute Gasteiger partial charge is 0.353 e. The summed E-state index contributed by atoms with van der Waals surface area (Å²) in [5.41, 5.74) is 1.22. The van der Waals surface area contributed by atoms with E-state index in [0.29, 0.717) is 13.1 Å². The molecule has 114 valence electrons. The maximum atomic E-state index is 12.3. The number of nitrogens with one attached hydrogen (secondary N) is 1. The van der Waals surface area contributed by atoms with Crippen molar-refractivity contribution in [2.75, 3.05) is 19.6 Å². The summed E-state index contributed by atoms with van der Waals surface area (Å²) in [6.45, 7) is 4.33. The van der Waals surface area contributed by atoms with E-state index in [4.69, 9.17) is 0 Å². The minimum absolute atomic E-state index is 0.0204. The highest BCUT2D eigenvalue weighted by molar-refractivity contribution is 5.80. The van der Waals surface area contributed by atoms with Crippen LogP contribution >= 0.6 is 0 Å². The lowest BCUT2D eigenvalue weighted by atomic mass is 10.1. The molecule has 0 saturated carbocycles. The lowest BCUT2D eigenvalue weighted by Crippen LogP contribution is -2.53. The van der Waals surface area contributed by atoms with Crippen molar-refractivity contribution >= 4 is 11.8 Å². The fourth-order valence-corrected chi connectivity index (χ4v) is 3.44. The number of carbonyl (C=O) groups is 2. The van der Waals surface area contributed by atoms with Crippen LogP contribution in [0.25, 0.3) is 0 Å². The SMILES string of the molecule is CC(=O)N[C@H]1C[C@H]2CN(Cc3cccn3C)CC(=O)N2C1. The molecule has 2 aliphatic heterocycles. The number of hydrogen-bond acceptors (Lipinski definition) is 3. The molecule has 1 aromatic heterocycles. The molecular formula is C15H22N4O2. The Balaban J connectivity index is 1.64. The van der Waals surface area contributed by atoms with Crippen molar-refractivity contribution in [1.29, 1.82) is 0 Å². The molecule has 2 fully saturated rings. The molecule has 2 saturated heterocycles. The molecular weight excluding hydrogens is 268 g/mol. The molecule has 0 bridgehead atoms. The Hall–Kier alpha value is -1.82. The first-order chi connectivity index (χ1) is 10.0. The summed E-state index contributed by atoms with van der Waals surface area (Å²) in [6.07, 6.45) is 2.88. The normalized spacial score (nSPS) is 26.0. The van der Waals surface area contributed by atoms with Crippen molar-refractivity contribution in [2.24, 2.45) is 7.05 Å². The number of rotatable bonds is 3. The molecule has 2 amide bonds. The topological polar surface area (TPSA) is 57.6 Å². The van der Waals surface area contributed by atoms with Crippen LogP contribution in [0, 0.1) is 0 Å². The summed E-state index contributed by atoms with van der Waals surface area (Å²) < 4.78 is 2.09. The first-order valence-corrected chi connectivity index (χ1v) is 7.42. The Labute approximate surface area is 124 Å². The molecule has 1 N–H and O–H groups in total. The van der Waals surface area contributed by atoms with Crippen LogP contribution in [0.4, 0.5) is 0 Å². The van der Waals surface area contributed by atoms with E-state index >= 15 is 0 Å². The Morgan fingerprint density at radius 1 is 1.43 bits per heavy atom. The number of hydrogen-bond donors (Lipinski definition) is 1. The molecule has 6 heteroatoms. The third-order valence-electron chi connectivity index (χ3n) is 4.41. The zero-order valence-corrected chi connectivity index (χ0v) is 12.6. The van der Waals surface area contributed by atoms with E-state index in [0.717, 1.165) is 19.5 Å². The third kappa shape index (κ3) is 2.95. The number of amides is 2. The summed E-state index contributed by atoms with van der Waals surface area (Å²) in [4.78, 5) is 27.6. The van der Waals surface area contributed by atoms with Crippen LogP contribution < -0.4 is 5.32 Å². The number of aryl methyl sites for hydroxylation is 1. The molecule has 3 heterocycles. The lowest BCUT2D eigenvalue weighted by molar-refractivity contribution is -0.138. The van der Waals surface area contributed by atoms with E-state index in [2.05, 4.69) is 20.9 Å². The van der Waals surface area contributed by atoms with Crippen molar-refractivity contribution in [1.82, 2.24) is 19.7 Å². The highest BCUT2D eigenvalue weighted by Crippen LogP contribution is 2.24. The molecule has 0 unspecified atom stereocenters. The zero-order valence-electron chi connectivity index (χ0n) is 12.6. The van der Waals surface area contributed by atoms with E-state index in [1.54, 1.807) is 0 Å². The minimum Gasteiger partial charge on any atom is -0.353 e. The van der Waals surface area contributed by atoms with Gasteiger partial charge in [-0.05, 0) is 18.6 Å². The Morgan fingerprint density at radius 3 is 2.90 bits per heavy atom. The van der Waals surface area contributed by atoms with Gasteiger partial charge in [-0.15, -0.1) is 0 Å². The number of aromatic nitrogens is 1. The van der Waals surface area contributed by atoms with Gasteiger partial charge in [-0.1, -0.05) is 0 Å². The molecule has 3 rings (SSSR count). The molecule has 2 atom stereocenters. The van der Waals surface area contributed by atoms with Gasteiger partial charge in [0.25, 0.3) is 0 Å². The molecule has 2 aliphatic rings. The number of carbonyl (C=O) groups excluding carboxylic acids is 2. The fourth-order valence-electron chi connectivity index (χ4n) is 3.44. The predicted octanol–water partition coefficient (Wildman–Crippen LogP) is -0.0537. The highest BCUT2D eigenvalue weighted by Gasteiger charge is 2.40. The number of piperazine rings is 1. The van der Waals surface area contributed by atoms with Gasteiger partial charge >= 0.3 is 0 Å². The van der Waals surface area contributed by atoms with Gasteiger partial charge in [-0.3, -0.25) is 14.5 Å². The summed E-state index contributed by atoms with van der Waals surface area (Å²) in [6, 6.07) is 4.44. The smallest absolute Gasteiger partial charge is 0.237 e. The molecule has 0 spiro atoms. The molecule has 0 radical (unpaired) electrons. The molecule has 0 aliphatic carbocycles. The molecule has 1 aromatic rings. The van der Waals surface area contributed by atoms with Gasteiger partial charge in [-0.25, -0.2) is 0 Å². The van der Waals surface area contributed by atoms with Crippen LogP contribution in [0.3, 0.4) is 0 Å². The second kappa shape index (κ2) is 5.52. The van der Waals surface area contributed by atoms with Crippen molar-refractivity contribution in [3.63, 3.8) is 0 Å². The van der Waals surface area contributed by atoms with Gasteiger partial charge < -0.3 is 14.8 Å². The quantitative estimate of drug-likeness (QED) is 0.849. The Bertz CT molecular complexity index is 554. The van der Waals surface area contributed by atoms with E-state index < -0.39 is 0 Å². The monoisotopic (exact) mass is 290 g/mol. The average molecular weight is 290 g/mol. The van der Waals surface area contributed by atoms with Gasteiger partial charge in [0.1, 0.15) is 0 Å². The molecule has 6 nitrogen and oxygen atoms in total. The van der Waals surface area contributed by atoms with Gasteiger partial charge in [0.2, 0.25) is 11.8 Å². The van der Waals surface area contributed by atoms with Gasteiger partial charge in [0, 0.05) is 57.6 Å². The van der Waals surface area contributed by atoms with Gasteiger partial charge in [0.15, 0.2) is 0 Å². The van der Waals surface area contributed by atoms with E-state index in [1.807, 2.05) is 24.2 Å². The maximum Gasteiger partial charge on any atom is 0.237 e. The first-order valence-electron chi connectivity index (χ1n) is 7.42. The van der Waals surface area contributed by atoms with Gasteiger partial charge in [-0.2, -0.15) is 0 Å². The first kappa shape index (κ1) is 14.1. The van der Waals surface area contributed by atoms with Gasteiger partial charge in [0.05, 0.1) is 6.54 Å². The summed E-state index contributed by atoms with van der Waals surface area (Å²) in [5, 5.41) is 2.93. The predicted molar refractivity (Wildman–Crippen MR) is 78.4 cm³/mol. The van der Waals surface area contributed by atoms with Crippen LogP contribution in [0.5, 0.6) is 0 Å². The van der Waals surface area contributed by atoms with Crippen LogP contribution in [0.1, 0.15) is 19.0 Å². The summed E-state index contributed by atoms with van der Waals surface area (Å²) in [5.74, 6) is 0.154. The standard InChI is InChI=1S/C15H22N4O2/c1-11(20)16-12-6-14-9-18(10-15(21)19(14)7-12)8-13-4-3-5-17(13)2/h3-5,12,14H,6-10H2,1-2H3,(H,16,20)/t12-,14-/m0/s1. The Morgan fingerprint density at radius 2 is 2.24 bits per heavy atom. The molecule has 21 heavy (non-hydrogen) atoms. The van der Waals surface area contributed by atoms with Crippen molar-refractivity contribution in [3.8, 4) is 0 Å². The second-order valence-corrected chi connectivity index (χ2v) is 6.11.